The van der Waals surface area contributed by atoms with Gasteiger partial charge in [0, 0.05) is 17.6 Å². The van der Waals surface area contributed by atoms with E-state index in [1.807, 2.05) is 11.8 Å². The molecule has 0 bridgehead atoms. The molecule has 1 saturated heterocycles. The maximum Gasteiger partial charge on any atom is 0.310 e. The highest BCUT2D eigenvalue weighted by Gasteiger charge is 2.37. The largest absolute Gasteiger partial charge is 0.481 e. The summed E-state index contributed by atoms with van der Waals surface area (Å²) >= 11 is 6.02. The SMILES string of the molecule is CCN(Cc1ccc(F)cc1Cl)C1COCC1C(=O)O. The van der Waals surface area contributed by atoms with Crippen molar-refractivity contribution in [2.24, 2.45) is 5.92 Å². The van der Waals surface area contributed by atoms with Gasteiger partial charge in [-0.05, 0) is 24.2 Å². The monoisotopic (exact) mass is 301 g/mol. The third-order valence-electron chi connectivity index (χ3n) is 3.63. The Bertz CT molecular complexity index is 497. The minimum atomic E-state index is -0.851. The highest BCUT2D eigenvalue weighted by atomic mass is 35.5. The molecule has 1 N–H and O–H groups in total. The van der Waals surface area contributed by atoms with Gasteiger partial charge in [-0.25, -0.2) is 4.39 Å². The fraction of sp³-hybridized carbons (Fsp3) is 0.500. The van der Waals surface area contributed by atoms with Crippen LogP contribution in [0.25, 0.3) is 0 Å². The van der Waals surface area contributed by atoms with Gasteiger partial charge in [0.05, 0.1) is 19.1 Å². The molecule has 1 aliphatic rings. The van der Waals surface area contributed by atoms with Crippen LogP contribution in [-0.4, -0.2) is 41.8 Å². The zero-order valence-electron chi connectivity index (χ0n) is 11.2. The number of nitrogens with zero attached hydrogens (tertiary/aromatic N) is 1. The van der Waals surface area contributed by atoms with Crippen LogP contribution in [0.15, 0.2) is 18.2 Å². The topological polar surface area (TPSA) is 49.8 Å². The van der Waals surface area contributed by atoms with E-state index < -0.39 is 11.9 Å². The molecule has 0 amide bonds. The number of hydrogen-bond acceptors (Lipinski definition) is 3. The Morgan fingerprint density at radius 2 is 2.30 bits per heavy atom. The molecule has 2 unspecified atom stereocenters. The number of ether oxygens (including phenoxy) is 1. The quantitative estimate of drug-likeness (QED) is 0.907. The fourth-order valence-corrected chi connectivity index (χ4v) is 2.70. The van der Waals surface area contributed by atoms with E-state index >= 15 is 0 Å². The van der Waals surface area contributed by atoms with E-state index in [-0.39, 0.29) is 18.5 Å². The van der Waals surface area contributed by atoms with Crippen LogP contribution in [0.3, 0.4) is 0 Å². The normalized spacial score (nSPS) is 22.4. The molecule has 0 aliphatic carbocycles. The molecule has 1 heterocycles. The van der Waals surface area contributed by atoms with Crippen molar-refractivity contribution in [1.82, 2.24) is 4.90 Å². The zero-order valence-corrected chi connectivity index (χ0v) is 11.9. The van der Waals surface area contributed by atoms with Crippen LogP contribution < -0.4 is 0 Å². The summed E-state index contributed by atoms with van der Waals surface area (Å²) in [5.74, 6) is -1.76. The van der Waals surface area contributed by atoms with Crippen LogP contribution in [0, 0.1) is 11.7 Å². The lowest BCUT2D eigenvalue weighted by molar-refractivity contribution is -0.143. The van der Waals surface area contributed by atoms with E-state index in [1.165, 1.54) is 12.1 Å². The van der Waals surface area contributed by atoms with Crippen molar-refractivity contribution < 1.29 is 19.0 Å². The maximum atomic E-state index is 13.0. The second-order valence-electron chi connectivity index (χ2n) is 4.85. The Hall–Kier alpha value is -1.17. The summed E-state index contributed by atoms with van der Waals surface area (Å²) in [5, 5.41) is 9.56. The van der Waals surface area contributed by atoms with Gasteiger partial charge in [-0.3, -0.25) is 9.69 Å². The van der Waals surface area contributed by atoms with Gasteiger partial charge in [0.15, 0.2) is 0 Å². The molecule has 6 heteroatoms. The molecule has 1 aliphatic heterocycles. The Balaban J connectivity index is 2.14. The predicted molar refractivity (Wildman–Crippen MR) is 73.2 cm³/mol. The van der Waals surface area contributed by atoms with Crippen LogP contribution in [-0.2, 0) is 16.1 Å². The average Bonchev–Trinajstić information content (AvgIpc) is 2.87. The molecule has 0 spiro atoms. The maximum absolute atomic E-state index is 13.0. The summed E-state index contributed by atoms with van der Waals surface area (Å²) < 4.78 is 18.3. The van der Waals surface area contributed by atoms with Gasteiger partial charge in [-0.15, -0.1) is 0 Å². The number of halogens is 2. The first-order chi connectivity index (χ1) is 9.52. The van der Waals surface area contributed by atoms with Crippen molar-refractivity contribution in [1.29, 1.82) is 0 Å². The van der Waals surface area contributed by atoms with Crippen molar-refractivity contribution in [3.05, 3.63) is 34.6 Å². The molecule has 0 saturated carbocycles. The van der Waals surface area contributed by atoms with Gasteiger partial charge in [0.2, 0.25) is 0 Å². The number of hydrogen-bond donors (Lipinski definition) is 1. The average molecular weight is 302 g/mol. The van der Waals surface area contributed by atoms with Crippen molar-refractivity contribution in [2.75, 3.05) is 19.8 Å². The molecule has 4 nitrogen and oxygen atoms in total. The molecule has 20 heavy (non-hydrogen) atoms. The van der Waals surface area contributed by atoms with Gasteiger partial charge in [-0.2, -0.15) is 0 Å². The lowest BCUT2D eigenvalue weighted by Crippen LogP contribution is -2.42. The van der Waals surface area contributed by atoms with Crippen molar-refractivity contribution in [3.63, 3.8) is 0 Å². The molecule has 2 atom stereocenters. The first-order valence-electron chi connectivity index (χ1n) is 6.51. The molecular weight excluding hydrogens is 285 g/mol. The van der Waals surface area contributed by atoms with Crippen LogP contribution in [0.5, 0.6) is 0 Å². The van der Waals surface area contributed by atoms with Crippen molar-refractivity contribution in [2.45, 2.75) is 19.5 Å². The van der Waals surface area contributed by atoms with Crippen LogP contribution >= 0.6 is 11.6 Å². The second-order valence-corrected chi connectivity index (χ2v) is 5.26. The summed E-state index contributed by atoms with van der Waals surface area (Å²) in [6.45, 7) is 3.73. The lowest BCUT2D eigenvalue weighted by atomic mass is 10.0. The van der Waals surface area contributed by atoms with Crippen molar-refractivity contribution >= 4 is 17.6 Å². The summed E-state index contributed by atoms with van der Waals surface area (Å²) in [5.41, 5.74) is 0.783. The van der Waals surface area contributed by atoms with E-state index in [4.69, 9.17) is 16.3 Å². The van der Waals surface area contributed by atoms with Crippen LogP contribution in [0.2, 0.25) is 5.02 Å². The van der Waals surface area contributed by atoms with Gasteiger partial charge >= 0.3 is 5.97 Å². The third-order valence-corrected chi connectivity index (χ3v) is 3.98. The summed E-state index contributed by atoms with van der Waals surface area (Å²) in [7, 11) is 0. The second kappa shape index (κ2) is 6.52. The van der Waals surface area contributed by atoms with Gasteiger partial charge in [-0.1, -0.05) is 24.6 Å². The molecule has 110 valence electrons. The minimum absolute atomic E-state index is 0.182. The van der Waals surface area contributed by atoms with Gasteiger partial charge in [0.25, 0.3) is 0 Å². The third kappa shape index (κ3) is 3.29. The predicted octanol–water partition coefficient (Wildman–Crippen LogP) is 2.40. The number of aliphatic carboxylic acids is 1. The fourth-order valence-electron chi connectivity index (χ4n) is 2.47. The van der Waals surface area contributed by atoms with Gasteiger partial charge in [0.1, 0.15) is 5.82 Å². The highest BCUT2D eigenvalue weighted by molar-refractivity contribution is 6.31. The molecular formula is C14H17ClFNO3. The minimum Gasteiger partial charge on any atom is -0.481 e. The number of carboxylic acid groups (broad SMARTS) is 1. The van der Waals surface area contributed by atoms with E-state index in [0.29, 0.717) is 24.7 Å². The molecule has 2 rings (SSSR count). The summed E-state index contributed by atoms with van der Waals surface area (Å²) in [6.07, 6.45) is 0. The standard InChI is InChI=1S/C14H17ClFNO3/c1-2-17(13-8-20-7-11(13)14(18)19)6-9-3-4-10(16)5-12(9)15/h3-5,11,13H,2,6-8H2,1H3,(H,18,19). The molecule has 1 fully saturated rings. The number of carboxylic acids is 1. The first-order valence-corrected chi connectivity index (χ1v) is 6.89. The van der Waals surface area contributed by atoms with E-state index in [9.17, 15) is 14.3 Å². The zero-order chi connectivity index (χ0) is 14.7. The highest BCUT2D eigenvalue weighted by Crippen LogP contribution is 2.25. The van der Waals surface area contributed by atoms with E-state index in [0.717, 1.165) is 5.56 Å². The summed E-state index contributed by atoms with van der Waals surface area (Å²) in [4.78, 5) is 13.2. The smallest absolute Gasteiger partial charge is 0.310 e. The molecule has 1 aromatic carbocycles. The number of likely N-dealkylation sites (N-methyl/N-ethyl adjacent to an activating group) is 1. The molecule has 1 aromatic rings. The Kier molecular flexibility index (Phi) is 4.96. The summed E-state index contributed by atoms with van der Waals surface area (Å²) in [6, 6.07) is 4.07. The Morgan fingerprint density at radius 3 is 2.90 bits per heavy atom. The van der Waals surface area contributed by atoms with Crippen molar-refractivity contribution in [3.8, 4) is 0 Å². The molecule has 0 aromatic heterocycles. The molecule has 0 radical (unpaired) electrons. The van der Waals surface area contributed by atoms with E-state index in [2.05, 4.69) is 0 Å². The number of benzene rings is 1. The number of rotatable bonds is 5. The van der Waals surface area contributed by atoms with Crippen LogP contribution in [0.4, 0.5) is 4.39 Å². The van der Waals surface area contributed by atoms with Crippen LogP contribution in [0.1, 0.15) is 12.5 Å². The number of carbonyl (C=O) groups is 1. The Morgan fingerprint density at radius 1 is 1.55 bits per heavy atom. The first kappa shape index (κ1) is 15.2. The van der Waals surface area contributed by atoms with E-state index in [1.54, 1.807) is 6.07 Å². The Labute approximate surface area is 122 Å². The van der Waals surface area contributed by atoms with Gasteiger partial charge < -0.3 is 9.84 Å². The lowest BCUT2D eigenvalue weighted by Gasteiger charge is -2.29.